The van der Waals surface area contributed by atoms with Crippen LogP contribution in [-0.2, 0) is 4.79 Å². The molecule has 0 radical (unpaired) electrons. The number of amides is 1. The molecule has 0 aromatic rings. The smallest absolute Gasteiger partial charge is 0.315 e. The highest BCUT2D eigenvalue weighted by atomic mass is 19.3. The van der Waals surface area contributed by atoms with Gasteiger partial charge in [-0.15, -0.1) is 0 Å². The predicted octanol–water partition coefficient (Wildman–Crippen LogP) is 0.367. The summed E-state index contributed by atoms with van der Waals surface area (Å²) in [4.78, 5) is 10.4. The van der Waals surface area contributed by atoms with Crippen LogP contribution in [0.15, 0.2) is 0 Å². The number of hydrogen-bond donors (Lipinski definition) is 2. The monoisotopic (exact) mass is 192 g/mol. The molecule has 3 nitrogen and oxygen atoms in total. The van der Waals surface area contributed by atoms with Gasteiger partial charge in [0.1, 0.15) is 0 Å². The number of hydrogen-bond acceptors (Lipinski definition) is 2. The van der Waals surface area contributed by atoms with E-state index < -0.39 is 12.3 Å². The Bertz CT molecular complexity index is 170. The topological polar surface area (TPSA) is 41.1 Å². The minimum absolute atomic E-state index is 0.357. The summed E-state index contributed by atoms with van der Waals surface area (Å²) < 4.78 is 23.4. The molecule has 1 rings (SSSR count). The molecule has 1 unspecified atom stereocenters. The average Bonchev–Trinajstić information content (AvgIpc) is 2.56. The molecular weight excluding hydrogens is 178 g/mol. The summed E-state index contributed by atoms with van der Waals surface area (Å²) in [5.41, 5.74) is 0. The van der Waals surface area contributed by atoms with Crippen LogP contribution in [0.1, 0.15) is 12.8 Å². The lowest BCUT2D eigenvalue weighted by Gasteiger charge is -2.08. The van der Waals surface area contributed by atoms with Crippen molar-refractivity contribution in [1.82, 2.24) is 10.6 Å². The minimum Gasteiger partial charge on any atom is -0.351 e. The van der Waals surface area contributed by atoms with E-state index in [1.54, 1.807) is 0 Å². The molecule has 2 N–H and O–H groups in total. The Hall–Kier alpha value is -0.710. The lowest BCUT2D eigenvalue weighted by atomic mass is 10.1. The van der Waals surface area contributed by atoms with Gasteiger partial charge >= 0.3 is 6.43 Å². The molecular formula is C8H14F2N2O. The quantitative estimate of drug-likeness (QED) is 0.675. The van der Waals surface area contributed by atoms with Crippen LogP contribution in [0.3, 0.4) is 0 Å². The van der Waals surface area contributed by atoms with Crippen molar-refractivity contribution >= 4 is 5.91 Å². The zero-order valence-electron chi connectivity index (χ0n) is 7.35. The second-order valence-electron chi connectivity index (χ2n) is 3.24. The minimum atomic E-state index is -2.89. The SMILES string of the molecule is O=C(NCCC1CCNC1)C(F)F. The number of rotatable bonds is 4. The molecule has 0 saturated carbocycles. The molecule has 1 aliphatic rings. The zero-order valence-corrected chi connectivity index (χ0v) is 7.35. The third-order valence-electron chi connectivity index (χ3n) is 2.21. The first kappa shape index (κ1) is 10.4. The van der Waals surface area contributed by atoms with E-state index in [0.717, 1.165) is 25.9 Å². The van der Waals surface area contributed by atoms with Crippen molar-refractivity contribution < 1.29 is 13.6 Å². The number of halogens is 2. The third kappa shape index (κ3) is 3.67. The van der Waals surface area contributed by atoms with E-state index in [9.17, 15) is 13.6 Å². The van der Waals surface area contributed by atoms with Crippen molar-refractivity contribution in [2.24, 2.45) is 5.92 Å². The summed E-state index contributed by atoms with van der Waals surface area (Å²) in [5.74, 6) is -0.635. The van der Waals surface area contributed by atoms with Crippen molar-refractivity contribution in [3.05, 3.63) is 0 Å². The molecule has 1 atom stereocenters. The van der Waals surface area contributed by atoms with Gasteiger partial charge < -0.3 is 10.6 Å². The molecule has 1 heterocycles. The van der Waals surface area contributed by atoms with Crippen molar-refractivity contribution in [3.8, 4) is 0 Å². The van der Waals surface area contributed by atoms with E-state index in [1.165, 1.54) is 0 Å². The van der Waals surface area contributed by atoms with E-state index in [4.69, 9.17) is 0 Å². The summed E-state index contributed by atoms with van der Waals surface area (Å²) in [7, 11) is 0. The van der Waals surface area contributed by atoms with Crippen molar-refractivity contribution in [1.29, 1.82) is 0 Å². The first-order chi connectivity index (χ1) is 6.20. The second-order valence-corrected chi connectivity index (χ2v) is 3.24. The first-order valence-corrected chi connectivity index (χ1v) is 4.46. The van der Waals surface area contributed by atoms with Gasteiger partial charge in [-0.05, 0) is 31.8 Å². The Labute approximate surface area is 75.9 Å². The zero-order chi connectivity index (χ0) is 9.68. The van der Waals surface area contributed by atoms with Crippen LogP contribution >= 0.6 is 0 Å². The third-order valence-corrected chi connectivity index (χ3v) is 2.21. The standard InChI is InChI=1S/C8H14F2N2O/c9-7(10)8(13)12-4-2-6-1-3-11-5-6/h6-7,11H,1-5H2,(H,12,13). The van der Waals surface area contributed by atoms with Crippen LogP contribution in [0, 0.1) is 5.92 Å². The van der Waals surface area contributed by atoms with Crippen LogP contribution in [0.25, 0.3) is 0 Å². The molecule has 1 amide bonds. The van der Waals surface area contributed by atoms with Crippen molar-refractivity contribution in [2.45, 2.75) is 19.3 Å². The normalized spacial score (nSPS) is 22.2. The van der Waals surface area contributed by atoms with Gasteiger partial charge in [-0.25, -0.2) is 0 Å². The Balaban J connectivity index is 2.03. The summed E-state index contributed by atoms with van der Waals surface area (Å²) in [6.07, 6.45) is -1.03. The molecule has 5 heteroatoms. The van der Waals surface area contributed by atoms with Gasteiger partial charge in [-0.2, -0.15) is 8.78 Å². The fraction of sp³-hybridized carbons (Fsp3) is 0.875. The molecule has 0 bridgehead atoms. The van der Waals surface area contributed by atoms with E-state index >= 15 is 0 Å². The molecule has 1 saturated heterocycles. The highest BCUT2D eigenvalue weighted by molar-refractivity contribution is 5.78. The van der Waals surface area contributed by atoms with Gasteiger partial charge in [0.25, 0.3) is 5.91 Å². The number of carbonyl (C=O) groups excluding carboxylic acids is 1. The maximum Gasteiger partial charge on any atom is 0.315 e. The maximum absolute atomic E-state index is 11.7. The van der Waals surface area contributed by atoms with Gasteiger partial charge in [0.05, 0.1) is 0 Å². The van der Waals surface area contributed by atoms with Crippen LogP contribution in [0.5, 0.6) is 0 Å². The van der Waals surface area contributed by atoms with E-state index in [0.29, 0.717) is 12.5 Å². The van der Waals surface area contributed by atoms with E-state index in [2.05, 4.69) is 10.6 Å². The molecule has 0 aliphatic carbocycles. The van der Waals surface area contributed by atoms with Crippen molar-refractivity contribution in [3.63, 3.8) is 0 Å². The van der Waals surface area contributed by atoms with Crippen LogP contribution in [-0.4, -0.2) is 32.0 Å². The summed E-state index contributed by atoms with van der Waals surface area (Å²) in [6, 6.07) is 0. The van der Waals surface area contributed by atoms with Gasteiger partial charge in [-0.3, -0.25) is 4.79 Å². The van der Waals surface area contributed by atoms with Crippen LogP contribution in [0.4, 0.5) is 8.78 Å². The van der Waals surface area contributed by atoms with Crippen molar-refractivity contribution in [2.75, 3.05) is 19.6 Å². The predicted molar refractivity (Wildman–Crippen MR) is 44.6 cm³/mol. The highest BCUT2D eigenvalue weighted by Crippen LogP contribution is 2.10. The lowest BCUT2D eigenvalue weighted by Crippen LogP contribution is -2.31. The maximum atomic E-state index is 11.7. The molecule has 13 heavy (non-hydrogen) atoms. The van der Waals surface area contributed by atoms with Gasteiger partial charge in [0, 0.05) is 6.54 Å². The molecule has 0 aromatic heterocycles. The van der Waals surface area contributed by atoms with Crippen LogP contribution in [0.2, 0.25) is 0 Å². The molecule has 0 spiro atoms. The largest absolute Gasteiger partial charge is 0.351 e. The summed E-state index contributed by atoms with van der Waals surface area (Å²) in [5, 5.41) is 5.36. The lowest BCUT2D eigenvalue weighted by molar-refractivity contribution is -0.131. The Morgan fingerprint density at radius 1 is 1.62 bits per heavy atom. The molecule has 0 aromatic carbocycles. The Kier molecular flexibility index (Phi) is 4.08. The molecule has 1 fully saturated rings. The molecule has 1 aliphatic heterocycles. The average molecular weight is 192 g/mol. The fourth-order valence-corrected chi connectivity index (χ4v) is 1.44. The highest BCUT2D eigenvalue weighted by Gasteiger charge is 2.17. The second kappa shape index (κ2) is 5.11. The summed E-state index contributed by atoms with van der Waals surface area (Å²) in [6.45, 7) is 2.29. The van der Waals surface area contributed by atoms with Crippen LogP contribution < -0.4 is 10.6 Å². The Morgan fingerprint density at radius 3 is 2.92 bits per heavy atom. The fourth-order valence-electron chi connectivity index (χ4n) is 1.44. The first-order valence-electron chi connectivity index (χ1n) is 4.46. The number of alkyl halides is 2. The van der Waals surface area contributed by atoms with E-state index in [-0.39, 0.29) is 0 Å². The van der Waals surface area contributed by atoms with E-state index in [1.807, 2.05) is 0 Å². The Morgan fingerprint density at radius 2 is 2.38 bits per heavy atom. The number of carbonyl (C=O) groups is 1. The van der Waals surface area contributed by atoms with Gasteiger partial charge in [-0.1, -0.05) is 0 Å². The summed E-state index contributed by atoms with van der Waals surface area (Å²) >= 11 is 0. The van der Waals surface area contributed by atoms with Gasteiger partial charge in [0.2, 0.25) is 0 Å². The van der Waals surface area contributed by atoms with Gasteiger partial charge in [0.15, 0.2) is 0 Å². The number of nitrogens with one attached hydrogen (secondary N) is 2. The molecule has 76 valence electrons.